The Hall–Kier alpha value is -0.380. The molecule has 3 nitrogen and oxygen atoms in total. The van der Waals surface area contributed by atoms with Gasteiger partial charge in [0.05, 0.1) is 11.7 Å². The van der Waals surface area contributed by atoms with Crippen molar-refractivity contribution in [2.24, 2.45) is 0 Å². The van der Waals surface area contributed by atoms with Crippen molar-refractivity contribution in [3.63, 3.8) is 0 Å². The van der Waals surface area contributed by atoms with E-state index < -0.39 is 6.29 Å². The van der Waals surface area contributed by atoms with Crippen LogP contribution in [-0.4, -0.2) is 18.0 Å². The fourth-order valence-corrected chi connectivity index (χ4v) is 0.578. The molecule has 0 N–H and O–H groups in total. The van der Waals surface area contributed by atoms with Crippen molar-refractivity contribution in [2.45, 2.75) is 52.6 Å². The van der Waals surface area contributed by atoms with E-state index in [0.29, 0.717) is 0 Å². The van der Waals surface area contributed by atoms with Gasteiger partial charge in [0.2, 0.25) is 6.29 Å². The molecule has 0 radical (unpaired) electrons. The fraction of sp³-hybridized carbons (Fsp3) is 0.800. The number of hydrogen-bond donors (Lipinski definition) is 0. The van der Waals surface area contributed by atoms with Crippen LogP contribution in [0.25, 0.3) is 0 Å². The normalized spacial score (nSPS) is 14.6. The molecule has 0 aliphatic rings. The predicted octanol–water partition coefficient (Wildman–Crippen LogP) is 2.67. The Morgan fingerprint density at radius 1 is 1.23 bits per heavy atom. The summed E-state index contributed by atoms with van der Waals surface area (Å²) in [6, 6.07) is 0. The molecule has 0 aromatic rings. The Morgan fingerprint density at radius 3 is 2.08 bits per heavy atom. The first-order valence-electron chi connectivity index (χ1n) is 4.47. The number of rotatable bonds is 5. The molecule has 1 unspecified atom stereocenters. The molecule has 0 saturated carbocycles. The lowest BCUT2D eigenvalue weighted by molar-refractivity contribution is -0.407. The zero-order valence-electron chi connectivity index (χ0n) is 9.16. The van der Waals surface area contributed by atoms with E-state index in [-0.39, 0.29) is 11.7 Å². The van der Waals surface area contributed by atoms with E-state index in [0.717, 1.165) is 0 Å². The molecule has 1 atom stereocenters. The summed E-state index contributed by atoms with van der Waals surface area (Å²) < 4.78 is 5.33. The maximum Gasteiger partial charge on any atom is 0.210 e. The van der Waals surface area contributed by atoms with E-state index in [4.69, 9.17) is 14.5 Å². The SMILES string of the molecule is C=CC(OOC(C)(C)C)OC(C)C. The van der Waals surface area contributed by atoms with E-state index in [1.165, 1.54) is 0 Å². The Morgan fingerprint density at radius 2 is 1.77 bits per heavy atom. The smallest absolute Gasteiger partial charge is 0.210 e. The predicted molar refractivity (Wildman–Crippen MR) is 52.1 cm³/mol. The topological polar surface area (TPSA) is 27.7 Å². The van der Waals surface area contributed by atoms with Gasteiger partial charge in [-0.3, -0.25) is 0 Å². The zero-order chi connectivity index (χ0) is 10.5. The van der Waals surface area contributed by atoms with Gasteiger partial charge < -0.3 is 4.74 Å². The van der Waals surface area contributed by atoms with Crippen molar-refractivity contribution < 1.29 is 14.5 Å². The van der Waals surface area contributed by atoms with Gasteiger partial charge in [-0.05, 0) is 40.7 Å². The van der Waals surface area contributed by atoms with Crippen molar-refractivity contribution in [1.82, 2.24) is 0 Å². The summed E-state index contributed by atoms with van der Waals surface area (Å²) in [5.41, 5.74) is -0.332. The minimum Gasteiger partial charge on any atom is -0.344 e. The lowest BCUT2D eigenvalue weighted by atomic mass is 10.2. The molecule has 0 aromatic heterocycles. The van der Waals surface area contributed by atoms with E-state index >= 15 is 0 Å². The van der Waals surface area contributed by atoms with Crippen LogP contribution in [0.15, 0.2) is 12.7 Å². The largest absolute Gasteiger partial charge is 0.344 e. The average Bonchev–Trinajstić information content (AvgIpc) is 1.95. The molecule has 0 spiro atoms. The Balaban J connectivity index is 3.79. The number of hydrogen-bond acceptors (Lipinski definition) is 3. The van der Waals surface area contributed by atoms with Crippen LogP contribution in [-0.2, 0) is 14.5 Å². The van der Waals surface area contributed by atoms with E-state index in [1.54, 1.807) is 6.08 Å². The van der Waals surface area contributed by atoms with Gasteiger partial charge in [0.1, 0.15) is 0 Å². The minimum atomic E-state index is -0.501. The van der Waals surface area contributed by atoms with Crippen LogP contribution < -0.4 is 0 Å². The Bertz CT molecular complexity index is 147. The second-order valence-corrected chi connectivity index (χ2v) is 4.08. The summed E-state index contributed by atoms with van der Waals surface area (Å²) in [5, 5.41) is 0. The zero-order valence-corrected chi connectivity index (χ0v) is 9.16. The molecule has 78 valence electrons. The molecule has 0 rings (SSSR count). The fourth-order valence-electron chi connectivity index (χ4n) is 0.578. The van der Waals surface area contributed by atoms with E-state index in [1.807, 2.05) is 34.6 Å². The summed E-state index contributed by atoms with van der Waals surface area (Å²) in [6.45, 7) is 13.2. The lowest BCUT2D eigenvalue weighted by Gasteiger charge is -2.22. The second-order valence-electron chi connectivity index (χ2n) is 4.08. The molecule has 0 aliphatic heterocycles. The number of ether oxygens (including phenoxy) is 1. The molecule has 0 aliphatic carbocycles. The van der Waals surface area contributed by atoms with Crippen molar-refractivity contribution >= 4 is 0 Å². The van der Waals surface area contributed by atoms with Crippen LogP contribution in [0.2, 0.25) is 0 Å². The van der Waals surface area contributed by atoms with Gasteiger partial charge in [-0.2, -0.15) is 4.89 Å². The van der Waals surface area contributed by atoms with Gasteiger partial charge in [0.15, 0.2) is 0 Å². The van der Waals surface area contributed by atoms with Crippen LogP contribution in [0.1, 0.15) is 34.6 Å². The quantitative estimate of drug-likeness (QED) is 0.287. The van der Waals surface area contributed by atoms with Crippen molar-refractivity contribution in [2.75, 3.05) is 0 Å². The minimum absolute atomic E-state index is 0.0894. The van der Waals surface area contributed by atoms with Crippen LogP contribution in [0.4, 0.5) is 0 Å². The van der Waals surface area contributed by atoms with Crippen molar-refractivity contribution in [1.29, 1.82) is 0 Å². The van der Waals surface area contributed by atoms with Gasteiger partial charge in [0, 0.05) is 0 Å². The first-order chi connectivity index (χ1) is 5.85. The Labute approximate surface area is 80.6 Å². The summed E-state index contributed by atoms with van der Waals surface area (Å²) >= 11 is 0. The highest BCUT2D eigenvalue weighted by molar-refractivity contribution is 4.71. The maximum absolute atomic E-state index is 5.33. The van der Waals surface area contributed by atoms with Gasteiger partial charge in [-0.25, -0.2) is 4.89 Å². The van der Waals surface area contributed by atoms with Crippen LogP contribution >= 0.6 is 0 Å². The molecular formula is C10H20O3. The molecule has 0 amide bonds. The van der Waals surface area contributed by atoms with Gasteiger partial charge >= 0.3 is 0 Å². The maximum atomic E-state index is 5.33. The summed E-state index contributed by atoms with van der Waals surface area (Å²) in [4.78, 5) is 10.1. The standard InChI is InChI=1S/C10H20O3/c1-7-9(11-8(2)3)12-13-10(4,5)6/h7-9H,1H2,2-6H3. The van der Waals surface area contributed by atoms with E-state index in [9.17, 15) is 0 Å². The molecule has 0 saturated heterocycles. The third-order valence-corrected chi connectivity index (χ3v) is 0.992. The first-order valence-corrected chi connectivity index (χ1v) is 4.47. The first kappa shape index (κ1) is 12.6. The Kier molecular flexibility index (Phi) is 5.21. The van der Waals surface area contributed by atoms with Crippen molar-refractivity contribution in [3.05, 3.63) is 12.7 Å². The highest BCUT2D eigenvalue weighted by Gasteiger charge is 2.15. The van der Waals surface area contributed by atoms with Crippen LogP contribution in [0.5, 0.6) is 0 Å². The third kappa shape index (κ3) is 7.96. The van der Waals surface area contributed by atoms with Gasteiger partial charge in [-0.15, -0.1) is 0 Å². The van der Waals surface area contributed by atoms with Gasteiger partial charge in [0.25, 0.3) is 0 Å². The van der Waals surface area contributed by atoms with Crippen molar-refractivity contribution in [3.8, 4) is 0 Å². The molecule has 0 bridgehead atoms. The van der Waals surface area contributed by atoms with Gasteiger partial charge in [-0.1, -0.05) is 6.58 Å². The second kappa shape index (κ2) is 5.37. The molecule has 3 heteroatoms. The monoisotopic (exact) mass is 188 g/mol. The van der Waals surface area contributed by atoms with Crippen LogP contribution in [0, 0.1) is 0 Å². The highest BCUT2D eigenvalue weighted by atomic mass is 17.2. The van der Waals surface area contributed by atoms with Crippen LogP contribution in [0.3, 0.4) is 0 Å². The summed E-state index contributed by atoms with van der Waals surface area (Å²) in [6.07, 6.45) is 1.15. The molecule has 0 fully saturated rings. The third-order valence-electron chi connectivity index (χ3n) is 0.992. The molecule has 0 heterocycles. The molecule has 13 heavy (non-hydrogen) atoms. The molecular weight excluding hydrogens is 168 g/mol. The average molecular weight is 188 g/mol. The highest BCUT2D eigenvalue weighted by Crippen LogP contribution is 2.11. The lowest BCUT2D eigenvalue weighted by Crippen LogP contribution is -2.26. The summed E-state index contributed by atoms with van der Waals surface area (Å²) in [5.74, 6) is 0. The summed E-state index contributed by atoms with van der Waals surface area (Å²) in [7, 11) is 0. The molecule has 0 aromatic carbocycles. The van der Waals surface area contributed by atoms with E-state index in [2.05, 4.69) is 6.58 Å².